The molecule has 3 amide bonds. The van der Waals surface area contributed by atoms with Crippen LogP contribution in [0.5, 0.6) is 0 Å². The zero-order valence-electron chi connectivity index (χ0n) is 12.9. The van der Waals surface area contributed by atoms with Gasteiger partial charge in [0.25, 0.3) is 5.22 Å². The van der Waals surface area contributed by atoms with Gasteiger partial charge in [-0.1, -0.05) is 49.0 Å². The number of hydrogen-bond acceptors (Lipinski definition) is 6. The summed E-state index contributed by atoms with van der Waals surface area (Å²) in [6.07, 6.45) is 0.627. The molecule has 0 fully saturated rings. The van der Waals surface area contributed by atoms with Gasteiger partial charge in [-0.15, -0.1) is 10.2 Å². The third-order valence-electron chi connectivity index (χ3n) is 3.10. The first-order valence-corrected chi connectivity index (χ1v) is 8.08. The van der Waals surface area contributed by atoms with E-state index in [4.69, 9.17) is 4.42 Å². The molecule has 0 aliphatic carbocycles. The molecule has 1 heterocycles. The summed E-state index contributed by atoms with van der Waals surface area (Å²) in [7, 11) is 1.44. The number of nitrogens with zero attached hydrogens (tertiary/aromatic N) is 2. The van der Waals surface area contributed by atoms with E-state index in [0.29, 0.717) is 17.5 Å². The van der Waals surface area contributed by atoms with E-state index in [1.807, 2.05) is 18.2 Å². The number of hydrogen-bond donors (Lipinski definition) is 2. The summed E-state index contributed by atoms with van der Waals surface area (Å²) >= 11 is 1.09. The second-order valence-corrected chi connectivity index (χ2v) is 5.82. The van der Waals surface area contributed by atoms with Gasteiger partial charge in [-0.05, 0) is 11.5 Å². The Morgan fingerprint density at radius 1 is 1.26 bits per heavy atom. The Labute approximate surface area is 138 Å². The van der Waals surface area contributed by atoms with Gasteiger partial charge in [0.1, 0.15) is 0 Å². The zero-order chi connectivity index (χ0) is 16.7. The Morgan fingerprint density at radius 3 is 2.70 bits per heavy atom. The molecule has 23 heavy (non-hydrogen) atoms. The molecule has 7 nitrogen and oxygen atoms in total. The second kappa shape index (κ2) is 8.33. The molecule has 1 aromatic heterocycles. The highest BCUT2D eigenvalue weighted by atomic mass is 32.2. The number of imide groups is 1. The minimum Gasteiger partial charge on any atom is -0.416 e. The van der Waals surface area contributed by atoms with Gasteiger partial charge in [0, 0.05) is 13.5 Å². The molecule has 1 aromatic carbocycles. The molecule has 0 saturated heterocycles. The summed E-state index contributed by atoms with van der Waals surface area (Å²) in [5, 5.41) is 12.7. The fourth-order valence-electron chi connectivity index (χ4n) is 1.89. The van der Waals surface area contributed by atoms with Crippen LogP contribution in [0.25, 0.3) is 0 Å². The normalized spacial score (nSPS) is 11.7. The largest absolute Gasteiger partial charge is 0.416 e. The van der Waals surface area contributed by atoms with Crippen molar-refractivity contribution >= 4 is 23.7 Å². The second-order valence-electron chi connectivity index (χ2n) is 4.89. The first-order chi connectivity index (χ1) is 11.1. The maximum Gasteiger partial charge on any atom is 0.321 e. The Hall–Kier alpha value is -2.35. The Bertz CT molecular complexity index is 660. The smallest absolute Gasteiger partial charge is 0.321 e. The number of benzene rings is 1. The average molecular weight is 334 g/mol. The maximum atomic E-state index is 11.5. The van der Waals surface area contributed by atoms with Crippen molar-refractivity contribution in [3.05, 3.63) is 41.8 Å². The minimum atomic E-state index is -0.543. The number of aromatic nitrogens is 2. The van der Waals surface area contributed by atoms with E-state index in [9.17, 15) is 9.59 Å². The fourth-order valence-corrected chi connectivity index (χ4v) is 2.47. The van der Waals surface area contributed by atoms with Crippen molar-refractivity contribution in [2.75, 3.05) is 12.8 Å². The summed E-state index contributed by atoms with van der Waals surface area (Å²) in [6, 6.07) is 9.53. The van der Waals surface area contributed by atoms with Crippen LogP contribution < -0.4 is 10.6 Å². The van der Waals surface area contributed by atoms with Gasteiger partial charge in [0.15, 0.2) is 0 Å². The van der Waals surface area contributed by atoms with Gasteiger partial charge >= 0.3 is 6.03 Å². The lowest BCUT2D eigenvalue weighted by molar-refractivity contribution is -0.117. The van der Waals surface area contributed by atoms with Crippen molar-refractivity contribution in [1.82, 2.24) is 20.8 Å². The molecule has 0 aliphatic rings. The van der Waals surface area contributed by atoms with Crippen LogP contribution in [0.2, 0.25) is 0 Å². The molecular formula is C15H18N4O3S. The van der Waals surface area contributed by atoms with Crippen molar-refractivity contribution in [3.63, 3.8) is 0 Å². The Morgan fingerprint density at radius 2 is 2.00 bits per heavy atom. The van der Waals surface area contributed by atoms with Crippen molar-refractivity contribution in [1.29, 1.82) is 0 Å². The summed E-state index contributed by atoms with van der Waals surface area (Å²) in [6.45, 7) is 2.09. The fraction of sp³-hybridized carbons (Fsp3) is 0.333. The van der Waals surface area contributed by atoms with Crippen LogP contribution >= 0.6 is 11.8 Å². The highest BCUT2D eigenvalue weighted by Crippen LogP contribution is 2.22. The molecule has 0 saturated carbocycles. The first kappa shape index (κ1) is 17.0. The Kier molecular flexibility index (Phi) is 6.16. The number of carbonyl (C=O) groups excluding carboxylic acids is 2. The van der Waals surface area contributed by atoms with Crippen LogP contribution in [0.1, 0.15) is 24.3 Å². The van der Waals surface area contributed by atoms with E-state index in [-0.39, 0.29) is 11.7 Å². The van der Waals surface area contributed by atoms with Crippen LogP contribution in [0.3, 0.4) is 0 Å². The van der Waals surface area contributed by atoms with Crippen molar-refractivity contribution in [3.8, 4) is 0 Å². The molecule has 2 aromatic rings. The molecule has 0 radical (unpaired) electrons. The highest BCUT2D eigenvalue weighted by Gasteiger charge is 2.14. The lowest BCUT2D eigenvalue weighted by atomic mass is 9.98. The van der Waals surface area contributed by atoms with Crippen molar-refractivity contribution < 1.29 is 14.0 Å². The molecular weight excluding hydrogens is 316 g/mol. The number of urea groups is 1. The maximum absolute atomic E-state index is 11.5. The van der Waals surface area contributed by atoms with Gasteiger partial charge in [-0.2, -0.15) is 0 Å². The van der Waals surface area contributed by atoms with E-state index < -0.39 is 11.9 Å². The van der Waals surface area contributed by atoms with E-state index in [0.717, 1.165) is 11.8 Å². The summed E-state index contributed by atoms with van der Waals surface area (Å²) in [5.74, 6) is 0.386. The lowest BCUT2D eigenvalue weighted by Gasteiger charge is -2.08. The van der Waals surface area contributed by atoms with E-state index >= 15 is 0 Å². The third-order valence-corrected chi connectivity index (χ3v) is 3.92. The molecule has 2 rings (SSSR count). The summed E-state index contributed by atoms with van der Waals surface area (Å²) < 4.78 is 5.52. The van der Waals surface area contributed by atoms with Gasteiger partial charge in [-0.25, -0.2) is 4.79 Å². The molecule has 1 unspecified atom stereocenters. The van der Waals surface area contributed by atoms with Crippen LogP contribution in [-0.2, 0) is 11.2 Å². The predicted molar refractivity (Wildman–Crippen MR) is 86.2 cm³/mol. The number of carbonyl (C=O) groups is 2. The topological polar surface area (TPSA) is 97.1 Å². The molecule has 1 atom stereocenters. The van der Waals surface area contributed by atoms with Crippen LogP contribution in [-0.4, -0.2) is 34.9 Å². The summed E-state index contributed by atoms with van der Waals surface area (Å²) in [4.78, 5) is 22.5. The number of nitrogens with one attached hydrogen (secondary N) is 2. The highest BCUT2D eigenvalue weighted by molar-refractivity contribution is 7.99. The number of rotatable bonds is 6. The molecule has 122 valence electrons. The van der Waals surface area contributed by atoms with Gasteiger partial charge < -0.3 is 9.73 Å². The van der Waals surface area contributed by atoms with Gasteiger partial charge in [-0.3, -0.25) is 10.1 Å². The zero-order valence-corrected chi connectivity index (χ0v) is 13.7. The van der Waals surface area contributed by atoms with Crippen molar-refractivity contribution in [2.24, 2.45) is 0 Å². The molecule has 0 spiro atoms. The quantitative estimate of drug-likeness (QED) is 0.784. The van der Waals surface area contributed by atoms with Crippen LogP contribution in [0, 0.1) is 0 Å². The van der Waals surface area contributed by atoms with Gasteiger partial charge in [0.2, 0.25) is 11.8 Å². The monoisotopic (exact) mass is 334 g/mol. The minimum absolute atomic E-state index is 0.0310. The SMILES string of the molecule is CNC(=O)NC(=O)CSc1nnc(CC(C)c2ccccc2)o1. The first-order valence-electron chi connectivity index (χ1n) is 7.10. The van der Waals surface area contributed by atoms with E-state index in [1.54, 1.807) is 0 Å². The van der Waals surface area contributed by atoms with Crippen molar-refractivity contribution in [2.45, 2.75) is 24.5 Å². The average Bonchev–Trinajstić information content (AvgIpc) is 3.01. The Balaban J connectivity index is 1.84. The predicted octanol–water partition coefficient (Wildman–Crippen LogP) is 1.96. The number of thioether (sulfide) groups is 1. The molecule has 8 heteroatoms. The standard InChI is InChI=1S/C15H18N4O3S/c1-10(11-6-4-3-5-7-11)8-13-18-19-15(22-13)23-9-12(20)17-14(21)16-2/h3-7,10H,8-9H2,1-2H3,(H2,16,17,20,21). The number of amides is 3. The van der Waals surface area contributed by atoms with Crippen LogP contribution in [0.4, 0.5) is 4.79 Å². The van der Waals surface area contributed by atoms with E-state index in [2.05, 4.69) is 39.9 Å². The molecule has 2 N–H and O–H groups in total. The third kappa shape index (κ3) is 5.41. The summed E-state index contributed by atoms with van der Waals surface area (Å²) in [5.41, 5.74) is 1.20. The lowest BCUT2D eigenvalue weighted by Crippen LogP contribution is -2.38. The van der Waals surface area contributed by atoms with Gasteiger partial charge in [0.05, 0.1) is 5.75 Å². The van der Waals surface area contributed by atoms with E-state index in [1.165, 1.54) is 12.6 Å². The molecule has 0 bridgehead atoms. The molecule has 0 aliphatic heterocycles. The van der Waals surface area contributed by atoms with Crippen LogP contribution in [0.15, 0.2) is 40.0 Å².